The number of hydrogen-bond acceptors (Lipinski definition) is 3. The molecule has 3 rings (SSSR count). The van der Waals surface area contributed by atoms with E-state index in [9.17, 15) is 9.59 Å². The van der Waals surface area contributed by atoms with E-state index in [1.165, 1.54) is 0 Å². The van der Waals surface area contributed by atoms with Gasteiger partial charge in [-0.25, -0.2) is 0 Å². The Morgan fingerprint density at radius 1 is 1.04 bits per heavy atom. The summed E-state index contributed by atoms with van der Waals surface area (Å²) in [4.78, 5) is 24.6. The number of amides is 2. The third-order valence-electron chi connectivity index (χ3n) is 4.09. The van der Waals surface area contributed by atoms with Gasteiger partial charge in [0.2, 0.25) is 11.8 Å². The lowest BCUT2D eigenvalue weighted by Gasteiger charge is -2.08. The van der Waals surface area contributed by atoms with Gasteiger partial charge in [-0.15, -0.1) is 0 Å². The maximum absolute atomic E-state index is 12.3. The summed E-state index contributed by atoms with van der Waals surface area (Å²) in [6, 6.07) is 12.0. The summed E-state index contributed by atoms with van der Waals surface area (Å²) in [5.74, 6) is -0.344. The first-order valence-corrected chi connectivity index (χ1v) is 9.03. The number of carbonyl (C=O) groups is 2. The molecule has 1 aliphatic carbocycles. The highest BCUT2D eigenvalue weighted by molar-refractivity contribution is 6.36. The Balaban J connectivity index is 1.53. The minimum absolute atomic E-state index is 0.170. The Bertz CT molecular complexity index is 824. The average Bonchev–Trinajstić information content (AvgIpc) is 3.40. The van der Waals surface area contributed by atoms with Crippen molar-refractivity contribution in [3.8, 4) is 5.75 Å². The zero-order chi connectivity index (χ0) is 18.7. The monoisotopic (exact) mass is 392 g/mol. The predicted octanol–water partition coefficient (Wildman–Crippen LogP) is 4.61. The third kappa shape index (κ3) is 4.48. The van der Waals surface area contributed by atoms with Gasteiger partial charge in [-0.3, -0.25) is 9.59 Å². The molecule has 2 N–H and O–H groups in total. The second kappa shape index (κ2) is 7.98. The average molecular weight is 393 g/mol. The summed E-state index contributed by atoms with van der Waals surface area (Å²) in [5.41, 5.74) is 1.16. The number of ether oxygens (including phenoxy) is 1. The quantitative estimate of drug-likeness (QED) is 0.754. The van der Waals surface area contributed by atoms with Gasteiger partial charge in [0.1, 0.15) is 5.75 Å². The topological polar surface area (TPSA) is 67.4 Å². The van der Waals surface area contributed by atoms with Crippen LogP contribution < -0.4 is 15.4 Å². The Kier molecular flexibility index (Phi) is 5.69. The SMILES string of the molecule is CCOc1ccc(NC(=O)C2CC2C(=O)Nc2ccc(Cl)cc2Cl)cc1. The van der Waals surface area contributed by atoms with Crippen LogP contribution >= 0.6 is 23.2 Å². The summed E-state index contributed by atoms with van der Waals surface area (Å²) in [6.07, 6.45) is 0.514. The van der Waals surface area contributed by atoms with E-state index in [-0.39, 0.29) is 23.7 Å². The molecule has 0 saturated heterocycles. The van der Waals surface area contributed by atoms with Crippen LogP contribution in [0.25, 0.3) is 0 Å². The number of halogens is 2. The second-order valence-corrected chi connectivity index (χ2v) is 6.85. The lowest BCUT2D eigenvalue weighted by atomic mass is 10.2. The molecule has 26 heavy (non-hydrogen) atoms. The number of carbonyl (C=O) groups excluding carboxylic acids is 2. The fourth-order valence-corrected chi connectivity index (χ4v) is 3.08. The largest absolute Gasteiger partial charge is 0.494 e. The van der Waals surface area contributed by atoms with Crippen LogP contribution in [-0.4, -0.2) is 18.4 Å². The summed E-state index contributed by atoms with van der Waals surface area (Å²) in [5, 5.41) is 6.42. The van der Waals surface area contributed by atoms with Gasteiger partial charge in [0, 0.05) is 10.7 Å². The Morgan fingerprint density at radius 3 is 2.31 bits per heavy atom. The second-order valence-electron chi connectivity index (χ2n) is 6.01. The van der Waals surface area contributed by atoms with Crippen molar-refractivity contribution < 1.29 is 14.3 Å². The third-order valence-corrected chi connectivity index (χ3v) is 4.63. The number of nitrogens with one attached hydrogen (secondary N) is 2. The molecule has 2 amide bonds. The number of hydrogen-bond donors (Lipinski definition) is 2. The maximum atomic E-state index is 12.3. The number of rotatable bonds is 6. The minimum Gasteiger partial charge on any atom is -0.494 e. The first kappa shape index (κ1) is 18.5. The van der Waals surface area contributed by atoms with E-state index in [4.69, 9.17) is 27.9 Å². The van der Waals surface area contributed by atoms with Crippen molar-refractivity contribution in [2.45, 2.75) is 13.3 Å². The van der Waals surface area contributed by atoms with E-state index in [1.807, 2.05) is 6.92 Å². The zero-order valence-corrected chi connectivity index (χ0v) is 15.6. The molecule has 0 spiro atoms. The smallest absolute Gasteiger partial charge is 0.228 e. The number of anilines is 2. The summed E-state index contributed by atoms with van der Waals surface area (Å²) in [7, 11) is 0. The van der Waals surface area contributed by atoms with Gasteiger partial charge in [0.05, 0.1) is 29.2 Å². The molecule has 0 radical (unpaired) electrons. The lowest BCUT2D eigenvalue weighted by molar-refractivity contribution is -0.122. The predicted molar refractivity (Wildman–Crippen MR) is 103 cm³/mol. The van der Waals surface area contributed by atoms with Crippen molar-refractivity contribution in [2.75, 3.05) is 17.2 Å². The van der Waals surface area contributed by atoms with Crippen LogP contribution in [0.1, 0.15) is 13.3 Å². The van der Waals surface area contributed by atoms with Crippen molar-refractivity contribution >= 4 is 46.4 Å². The van der Waals surface area contributed by atoms with E-state index < -0.39 is 0 Å². The van der Waals surface area contributed by atoms with Gasteiger partial charge in [-0.1, -0.05) is 23.2 Å². The first-order chi connectivity index (χ1) is 12.5. The van der Waals surface area contributed by atoms with Gasteiger partial charge in [-0.05, 0) is 55.8 Å². The molecule has 2 aromatic carbocycles. The highest BCUT2D eigenvalue weighted by atomic mass is 35.5. The van der Waals surface area contributed by atoms with Crippen LogP contribution in [-0.2, 0) is 9.59 Å². The van der Waals surface area contributed by atoms with Gasteiger partial charge in [-0.2, -0.15) is 0 Å². The van der Waals surface area contributed by atoms with Crippen LogP contribution in [0.5, 0.6) is 5.75 Å². The Labute approximate surface area is 161 Å². The molecule has 1 saturated carbocycles. The molecule has 2 atom stereocenters. The molecule has 5 nitrogen and oxygen atoms in total. The summed E-state index contributed by atoms with van der Waals surface area (Å²) < 4.78 is 5.36. The van der Waals surface area contributed by atoms with E-state index >= 15 is 0 Å². The molecule has 0 aromatic heterocycles. The van der Waals surface area contributed by atoms with E-state index in [1.54, 1.807) is 42.5 Å². The van der Waals surface area contributed by atoms with Crippen molar-refractivity contribution in [1.82, 2.24) is 0 Å². The highest BCUT2D eigenvalue weighted by Gasteiger charge is 2.48. The summed E-state index contributed by atoms with van der Waals surface area (Å²) >= 11 is 11.9. The minimum atomic E-state index is -0.357. The zero-order valence-electron chi connectivity index (χ0n) is 14.1. The molecule has 0 bridgehead atoms. The standard InChI is InChI=1S/C19H18Cl2N2O3/c1-2-26-13-6-4-12(5-7-13)22-18(24)14-10-15(14)19(25)23-17-8-3-11(20)9-16(17)21/h3-9,14-15H,2,10H2,1H3,(H,22,24)(H,23,25). The van der Waals surface area contributed by atoms with Gasteiger partial charge < -0.3 is 15.4 Å². The van der Waals surface area contributed by atoms with Gasteiger partial charge in [0.25, 0.3) is 0 Å². The van der Waals surface area contributed by atoms with Crippen molar-refractivity contribution in [3.63, 3.8) is 0 Å². The molecular weight excluding hydrogens is 375 g/mol. The van der Waals surface area contributed by atoms with Crippen molar-refractivity contribution in [1.29, 1.82) is 0 Å². The van der Waals surface area contributed by atoms with Crippen LogP contribution in [0.15, 0.2) is 42.5 Å². The molecule has 0 heterocycles. The van der Waals surface area contributed by atoms with Crippen molar-refractivity contribution in [3.05, 3.63) is 52.5 Å². The van der Waals surface area contributed by atoms with Crippen LogP contribution in [0.3, 0.4) is 0 Å². The lowest BCUT2D eigenvalue weighted by Crippen LogP contribution is -2.20. The molecule has 1 fully saturated rings. The molecule has 1 aliphatic rings. The molecule has 136 valence electrons. The maximum Gasteiger partial charge on any atom is 0.228 e. The molecule has 0 aliphatic heterocycles. The molecule has 2 unspecified atom stereocenters. The molecule has 2 aromatic rings. The fraction of sp³-hybridized carbons (Fsp3) is 0.263. The highest BCUT2D eigenvalue weighted by Crippen LogP contribution is 2.40. The van der Waals surface area contributed by atoms with Crippen LogP contribution in [0.2, 0.25) is 10.0 Å². The Morgan fingerprint density at radius 2 is 1.69 bits per heavy atom. The fourth-order valence-electron chi connectivity index (χ4n) is 2.63. The number of benzene rings is 2. The molecule has 7 heteroatoms. The normalized spacial score (nSPS) is 18.1. The van der Waals surface area contributed by atoms with Gasteiger partial charge in [0.15, 0.2) is 0 Å². The first-order valence-electron chi connectivity index (χ1n) is 8.27. The molecular formula is C19H18Cl2N2O3. The van der Waals surface area contributed by atoms with Crippen molar-refractivity contribution in [2.24, 2.45) is 11.8 Å². The Hall–Kier alpha value is -2.24. The summed E-state index contributed by atoms with van der Waals surface area (Å²) in [6.45, 7) is 2.49. The van der Waals surface area contributed by atoms with E-state index in [2.05, 4.69) is 10.6 Å². The van der Waals surface area contributed by atoms with Crippen LogP contribution in [0, 0.1) is 11.8 Å². The van der Waals surface area contributed by atoms with Gasteiger partial charge >= 0.3 is 0 Å². The van der Waals surface area contributed by atoms with Crippen LogP contribution in [0.4, 0.5) is 11.4 Å². The van der Waals surface area contributed by atoms with E-state index in [0.29, 0.717) is 34.4 Å². The van der Waals surface area contributed by atoms with E-state index in [0.717, 1.165) is 5.75 Å².